The molecule has 2 rings (SSSR count). The number of aromatic nitrogens is 2. The molecular formula is C19H24ClN3O5. The third kappa shape index (κ3) is 5.97. The van der Waals surface area contributed by atoms with Crippen molar-refractivity contribution in [3.05, 3.63) is 57.7 Å². The lowest BCUT2D eigenvalue weighted by atomic mass is 10.0. The van der Waals surface area contributed by atoms with Gasteiger partial charge in [0.2, 0.25) is 0 Å². The van der Waals surface area contributed by atoms with Gasteiger partial charge >= 0.3 is 17.6 Å². The topological polar surface area (TPSA) is 114 Å². The first-order chi connectivity index (χ1) is 13.2. The Morgan fingerprint density at radius 2 is 1.75 bits per heavy atom. The van der Waals surface area contributed by atoms with Gasteiger partial charge in [-0.1, -0.05) is 37.6 Å². The fourth-order valence-corrected chi connectivity index (χ4v) is 3.11. The molecule has 0 fully saturated rings. The Hall–Kier alpha value is -2.58. The maximum atomic E-state index is 12.6. The summed E-state index contributed by atoms with van der Waals surface area (Å²) in [4.78, 5) is 35.6. The number of carboxylic acid groups (broad SMARTS) is 2. The highest BCUT2D eigenvalue weighted by Crippen LogP contribution is 2.11. The Morgan fingerprint density at radius 1 is 1.11 bits per heavy atom. The third-order valence-corrected chi connectivity index (χ3v) is 4.48. The largest absolute Gasteiger partial charge is 0.480 e. The molecule has 1 aromatic carbocycles. The molecule has 28 heavy (non-hydrogen) atoms. The number of imidazole rings is 1. The SMILES string of the molecule is CC(C)CC(NC(Cn1ccn(Cc2cccc(Cl)c2)c1=O)C(=O)O)C(=O)O. The van der Waals surface area contributed by atoms with Crippen molar-refractivity contribution in [1.82, 2.24) is 14.5 Å². The number of carbonyl (C=O) groups is 2. The number of rotatable bonds is 10. The number of carboxylic acids is 2. The molecule has 0 aliphatic carbocycles. The number of hydrogen-bond acceptors (Lipinski definition) is 4. The first-order valence-corrected chi connectivity index (χ1v) is 9.26. The van der Waals surface area contributed by atoms with Crippen LogP contribution in [-0.4, -0.2) is 43.4 Å². The first kappa shape index (κ1) is 21.7. The summed E-state index contributed by atoms with van der Waals surface area (Å²) in [6.45, 7) is 3.82. The summed E-state index contributed by atoms with van der Waals surface area (Å²) in [6, 6.07) is 4.88. The fourth-order valence-electron chi connectivity index (χ4n) is 2.90. The smallest absolute Gasteiger partial charge is 0.328 e. The van der Waals surface area contributed by atoms with Crippen LogP contribution in [0, 0.1) is 5.92 Å². The number of aliphatic carboxylic acids is 2. The van der Waals surface area contributed by atoms with Crippen molar-refractivity contribution in [3.63, 3.8) is 0 Å². The van der Waals surface area contributed by atoms with Gasteiger partial charge in [0.15, 0.2) is 0 Å². The molecule has 2 unspecified atom stereocenters. The Kier molecular flexibility index (Phi) is 7.42. The van der Waals surface area contributed by atoms with Crippen molar-refractivity contribution in [2.24, 2.45) is 5.92 Å². The van der Waals surface area contributed by atoms with Gasteiger partial charge in [-0.15, -0.1) is 0 Å². The highest BCUT2D eigenvalue weighted by atomic mass is 35.5. The van der Waals surface area contributed by atoms with E-state index in [2.05, 4.69) is 5.32 Å². The number of benzene rings is 1. The van der Waals surface area contributed by atoms with Gasteiger partial charge in [-0.05, 0) is 30.0 Å². The Bertz CT molecular complexity index is 890. The van der Waals surface area contributed by atoms with E-state index in [0.717, 1.165) is 5.56 Å². The molecule has 1 aromatic heterocycles. The van der Waals surface area contributed by atoms with E-state index in [0.29, 0.717) is 11.6 Å². The fraction of sp³-hybridized carbons (Fsp3) is 0.421. The van der Waals surface area contributed by atoms with Crippen molar-refractivity contribution in [2.75, 3.05) is 0 Å². The summed E-state index contributed by atoms with van der Waals surface area (Å²) in [5.41, 5.74) is 0.451. The second kappa shape index (κ2) is 9.57. The van der Waals surface area contributed by atoms with Crippen LogP contribution in [0.1, 0.15) is 25.8 Å². The van der Waals surface area contributed by atoms with Crippen LogP contribution in [0.5, 0.6) is 0 Å². The predicted octanol–water partition coefficient (Wildman–Crippen LogP) is 1.89. The summed E-state index contributed by atoms with van der Waals surface area (Å²) >= 11 is 5.96. The lowest BCUT2D eigenvalue weighted by Crippen LogP contribution is -2.50. The predicted molar refractivity (Wildman–Crippen MR) is 105 cm³/mol. The maximum Gasteiger partial charge on any atom is 0.328 e. The Balaban J connectivity index is 2.15. The molecular weight excluding hydrogens is 386 g/mol. The maximum absolute atomic E-state index is 12.6. The molecule has 0 saturated heterocycles. The molecule has 0 saturated carbocycles. The van der Waals surface area contributed by atoms with E-state index in [1.54, 1.807) is 24.4 Å². The summed E-state index contributed by atoms with van der Waals surface area (Å²) in [5, 5.41) is 22.0. The molecule has 152 valence electrons. The minimum Gasteiger partial charge on any atom is -0.480 e. The van der Waals surface area contributed by atoms with Crippen LogP contribution < -0.4 is 11.0 Å². The zero-order chi connectivity index (χ0) is 20.8. The van der Waals surface area contributed by atoms with E-state index in [1.165, 1.54) is 15.3 Å². The van der Waals surface area contributed by atoms with Crippen LogP contribution in [0.2, 0.25) is 5.02 Å². The van der Waals surface area contributed by atoms with E-state index in [9.17, 15) is 24.6 Å². The number of hydrogen-bond donors (Lipinski definition) is 3. The van der Waals surface area contributed by atoms with E-state index >= 15 is 0 Å². The molecule has 0 bridgehead atoms. The lowest BCUT2D eigenvalue weighted by molar-refractivity contribution is -0.143. The highest BCUT2D eigenvalue weighted by molar-refractivity contribution is 6.30. The van der Waals surface area contributed by atoms with Gasteiger partial charge in [0, 0.05) is 17.4 Å². The molecule has 1 heterocycles. The number of nitrogens with one attached hydrogen (secondary N) is 1. The van der Waals surface area contributed by atoms with Crippen molar-refractivity contribution in [3.8, 4) is 0 Å². The van der Waals surface area contributed by atoms with Crippen LogP contribution >= 0.6 is 11.6 Å². The van der Waals surface area contributed by atoms with E-state index in [4.69, 9.17) is 11.6 Å². The van der Waals surface area contributed by atoms with Crippen LogP contribution in [0.4, 0.5) is 0 Å². The summed E-state index contributed by atoms with van der Waals surface area (Å²) in [6.07, 6.45) is 3.33. The lowest BCUT2D eigenvalue weighted by Gasteiger charge is -2.21. The summed E-state index contributed by atoms with van der Waals surface area (Å²) in [5.74, 6) is -2.26. The summed E-state index contributed by atoms with van der Waals surface area (Å²) < 4.78 is 2.69. The second-order valence-corrected chi connectivity index (χ2v) is 7.51. The van der Waals surface area contributed by atoms with Crippen molar-refractivity contribution in [1.29, 1.82) is 0 Å². The molecule has 0 spiro atoms. The average Bonchev–Trinajstić information content (AvgIpc) is 2.93. The van der Waals surface area contributed by atoms with Gasteiger partial charge in [0.05, 0.1) is 13.1 Å². The van der Waals surface area contributed by atoms with Gasteiger partial charge in [-0.3, -0.25) is 24.0 Å². The molecule has 9 heteroatoms. The number of nitrogens with zero attached hydrogens (tertiary/aromatic N) is 2. The minimum absolute atomic E-state index is 0.0737. The standard InChI is InChI=1S/C19H24ClN3O5/c1-12(2)8-15(17(24)25)21-16(18(26)27)11-23-7-6-22(19(23)28)10-13-4-3-5-14(20)9-13/h3-7,9,12,15-16,21H,8,10-11H2,1-2H3,(H,24,25)(H,26,27). The second-order valence-electron chi connectivity index (χ2n) is 7.07. The van der Waals surface area contributed by atoms with Crippen molar-refractivity contribution in [2.45, 2.75) is 45.4 Å². The van der Waals surface area contributed by atoms with E-state index in [-0.39, 0.29) is 24.6 Å². The number of halogens is 1. The van der Waals surface area contributed by atoms with Crippen LogP contribution in [0.3, 0.4) is 0 Å². The van der Waals surface area contributed by atoms with Gasteiger partial charge < -0.3 is 10.2 Å². The van der Waals surface area contributed by atoms with Gasteiger partial charge in [0.25, 0.3) is 0 Å². The molecule has 0 aliphatic heterocycles. The molecule has 0 aliphatic rings. The van der Waals surface area contributed by atoms with E-state index < -0.39 is 24.0 Å². The summed E-state index contributed by atoms with van der Waals surface area (Å²) in [7, 11) is 0. The van der Waals surface area contributed by atoms with Crippen molar-refractivity contribution >= 4 is 23.5 Å². The van der Waals surface area contributed by atoms with Crippen LogP contribution in [-0.2, 0) is 22.7 Å². The zero-order valence-electron chi connectivity index (χ0n) is 15.7. The van der Waals surface area contributed by atoms with Gasteiger partial charge in [-0.25, -0.2) is 4.79 Å². The molecule has 2 aromatic rings. The Morgan fingerprint density at radius 3 is 2.32 bits per heavy atom. The molecule has 8 nitrogen and oxygen atoms in total. The molecule has 2 atom stereocenters. The zero-order valence-corrected chi connectivity index (χ0v) is 16.5. The Labute approximate surface area is 167 Å². The third-order valence-electron chi connectivity index (χ3n) is 4.24. The molecule has 0 radical (unpaired) electrons. The molecule has 0 amide bonds. The molecule has 3 N–H and O–H groups in total. The average molecular weight is 410 g/mol. The quantitative estimate of drug-likeness (QED) is 0.552. The van der Waals surface area contributed by atoms with Crippen LogP contribution in [0.15, 0.2) is 41.5 Å². The normalized spacial score (nSPS) is 13.4. The first-order valence-electron chi connectivity index (χ1n) is 8.89. The minimum atomic E-state index is -1.22. The van der Waals surface area contributed by atoms with E-state index in [1.807, 2.05) is 19.9 Å². The van der Waals surface area contributed by atoms with Crippen LogP contribution in [0.25, 0.3) is 0 Å². The van der Waals surface area contributed by atoms with Crippen molar-refractivity contribution < 1.29 is 19.8 Å². The van der Waals surface area contributed by atoms with Gasteiger partial charge in [0.1, 0.15) is 12.1 Å². The van der Waals surface area contributed by atoms with Gasteiger partial charge in [-0.2, -0.15) is 0 Å². The monoisotopic (exact) mass is 409 g/mol. The highest BCUT2D eigenvalue weighted by Gasteiger charge is 2.27.